The molecule has 0 spiro atoms. The summed E-state index contributed by atoms with van der Waals surface area (Å²) in [5.74, 6) is 1.77. The van der Waals surface area contributed by atoms with Crippen LogP contribution in [0.5, 0.6) is 5.75 Å². The SMILES string of the molecule is c1c2c(cc3nc(CCCN4CCOCC4)nnc13)OCC2. The summed E-state index contributed by atoms with van der Waals surface area (Å²) < 4.78 is 11.0. The fraction of sp³-hybridized carbons (Fsp3) is 0.562. The molecule has 0 unspecified atom stereocenters. The highest BCUT2D eigenvalue weighted by molar-refractivity contribution is 5.77. The Morgan fingerprint density at radius 1 is 1.05 bits per heavy atom. The number of morpholine rings is 1. The van der Waals surface area contributed by atoms with Crippen molar-refractivity contribution in [3.8, 4) is 5.75 Å². The Bertz CT molecular complexity index is 670. The van der Waals surface area contributed by atoms with Crippen LogP contribution in [0.2, 0.25) is 0 Å². The molecule has 6 nitrogen and oxygen atoms in total. The van der Waals surface area contributed by atoms with Gasteiger partial charge < -0.3 is 9.47 Å². The van der Waals surface area contributed by atoms with Gasteiger partial charge in [-0.2, -0.15) is 0 Å². The third-order valence-corrected chi connectivity index (χ3v) is 4.29. The summed E-state index contributed by atoms with van der Waals surface area (Å²) in [6.45, 7) is 5.57. The van der Waals surface area contributed by atoms with Crippen molar-refractivity contribution >= 4 is 11.0 Å². The number of aryl methyl sites for hydroxylation is 1. The molecule has 0 atom stereocenters. The molecule has 4 rings (SSSR count). The van der Waals surface area contributed by atoms with Crippen LogP contribution in [0.1, 0.15) is 17.8 Å². The van der Waals surface area contributed by atoms with Gasteiger partial charge in [0, 0.05) is 32.0 Å². The average molecular weight is 300 g/mol. The molecule has 0 aliphatic carbocycles. The Morgan fingerprint density at radius 2 is 1.95 bits per heavy atom. The molecule has 0 saturated carbocycles. The molecule has 0 radical (unpaired) electrons. The first-order chi connectivity index (χ1) is 10.9. The summed E-state index contributed by atoms with van der Waals surface area (Å²) in [6.07, 6.45) is 2.86. The van der Waals surface area contributed by atoms with Crippen LogP contribution in [0, 0.1) is 0 Å². The van der Waals surface area contributed by atoms with E-state index < -0.39 is 0 Å². The molecule has 2 aliphatic rings. The molecule has 3 heterocycles. The molecule has 1 aromatic carbocycles. The first kappa shape index (κ1) is 13.8. The molecule has 0 amide bonds. The van der Waals surface area contributed by atoms with Crippen molar-refractivity contribution in [2.24, 2.45) is 0 Å². The van der Waals surface area contributed by atoms with Crippen molar-refractivity contribution in [3.05, 3.63) is 23.5 Å². The van der Waals surface area contributed by atoms with Gasteiger partial charge >= 0.3 is 0 Å². The van der Waals surface area contributed by atoms with Gasteiger partial charge in [-0.05, 0) is 24.6 Å². The van der Waals surface area contributed by atoms with Crippen LogP contribution in [0.15, 0.2) is 12.1 Å². The normalized spacial score (nSPS) is 18.4. The molecule has 6 heteroatoms. The van der Waals surface area contributed by atoms with E-state index in [0.717, 1.165) is 81.3 Å². The largest absolute Gasteiger partial charge is 0.493 e. The molecule has 1 aromatic heterocycles. The van der Waals surface area contributed by atoms with E-state index in [4.69, 9.17) is 9.47 Å². The fourth-order valence-electron chi connectivity index (χ4n) is 3.04. The van der Waals surface area contributed by atoms with E-state index in [0.29, 0.717) is 0 Å². The lowest BCUT2D eigenvalue weighted by atomic mass is 10.1. The number of hydrogen-bond donors (Lipinski definition) is 0. The summed E-state index contributed by atoms with van der Waals surface area (Å²) in [4.78, 5) is 7.07. The maximum Gasteiger partial charge on any atom is 0.151 e. The Morgan fingerprint density at radius 3 is 2.86 bits per heavy atom. The number of aromatic nitrogens is 3. The van der Waals surface area contributed by atoms with E-state index in [1.165, 1.54) is 5.56 Å². The van der Waals surface area contributed by atoms with Crippen molar-refractivity contribution < 1.29 is 9.47 Å². The maximum atomic E-state index is 5.60. The number of fused-ring (bicyclic) bond motifs is 2. The number of benzene rings is 1. The van der Waals surface area contributed by atoms with Gasteiger partial charge in [-0.3, -0.25) is 4.90 Å². The standard InChI is InChI=1S/C16H20N4O2/c1(4-20-5-8-21-9-6-20)2-16-17-13-11-15-12(3-7-22-15)10-14(13)18-19-16/h10-11H,1-9H2. The third-order valence-electron chi connectivity index (χ3n) is 4.29. The Labute approximate surface area is 129 Å². The molecule has 1 fully saturated rings. The van der Waals surface area contributed by atoms with E-state index in [2.05, 4.69) is 26.1 Å². The summed E-state index contributed by atoms with van der Waals surface area (Å²) in [6, 6.07) is 4.05. The van der Waals surface area contributed by atoms with Crippen LogP contribution in [0.4, 0.5) is 0 Å². The van der Waals surface area contributed by atoms with Gasteiger partial charge in [0.2, 0.25) is 0 Å². The van der Waals surface area contributed by atoms with Gasteiger partial charge in [0.05, 0.1) is 25.3 Å². The van der Waals surface area contributed by atoms with E-state index in [9.17, 15) is 0 Å². The van der Waals surface area contributed by atoms with Crippen LogP contribution in [0.25, 0.3) is 11.0 Å². The van der Waals surface area contributed by atoms with Crippen LogP contribution in [-0.4, -0.2) is 59.5 Å². The van der Waals surface area contributed by atoms with Crippen LogP contribution in [0.3, 0.4) is 0 Å². The van der Waals surface area contributed by atoms with Crippen molar-refractivity contribution in [1.82, 2.24) is 20.1 Å². The Balaban J connectivity index is 1.42. The molecule has 0 N–H and O–H groups in total. The number of ether oxygens (including phenoxy) is 2. The molecule has 2 aromatic rings. The van der Waals surface area contributed by atoms with Gasteiger partial charge in [-0.15, -0.1) is 10.2 Å². The average Bonchev–Trinajstić information content (AvgIpc) is 3.01. The fourth-order valence-corrected chi connectivity index (χ4v) is 3.04. The van der Waals surface area contributed by atoms with Crippen LogP contribution < -0.4 is 4.74 Å². The van der Waals surface area contributed by atoms with Crippen LogP contribution in [-0.2, 0) is 17.6 Å². The van der Waals surface area contributed by atoms with Crippen LogP contribution >= 0.6 is 0 Å². The summed E-state index contributed by atoms with van der Waals surface area (Å²) in [5, 5.41) is 8.59. The van der Waals surface area contributed by atoms with Crippen molar-refractivity contribution in [2.45, 2.75) is 19.3 Å². The molecule has 0 bridgehead atoms. The summed E-state index contributed by atoms with van der Waals surface area (Å²) in [5.41, 5.74) is 2.96. The summed E-state index contributed by atoms with van der Waals surface area (Å²) >= 11 is 0. The minimum absolute atomic E-state index is 0.755. The predicted molar refractivity (Wildman–Crippen MR) is 82.1 cm³/mol. The second kappa shape index (κ2) is 6.14. The number of rotatable bonds is 4. The highest BCUT2D eigenvalue weighted by atomic mass is 16.5. The van der Waals surface area contributed by atoms with Gasteiger partial charge in [-0.1, -0.05) is 0 Å². The lowest BCUT2D eigenvalue weighted by Crippen LogP contribution is -2.37. The Kier molecular flexibility index (Phi) is 3.86. The first-order valence-electron chi connectivity index (χ1n) is 7.98. The zero-order chi connectivity index (χ0) is 14.8. The first-order valence-corrected chi connectivity index (χ1v) is 7.98. The van der Waals surface area contributed by atoms with Gasteiger partial charge in [0.25, 0.3) is 0 Å². The number of hydrogen-bond acceptors (Lipinski definition) is 6. The summed E-state index contributed by atoms with van der Waals surface area (Å²) in [7, 11) is 0. The molecular formula is C16H20N4O2. The minimum Gasteiger partial charge on any atom is -0.493 e. The van der Waals surface area contributed by atoms with E-state index in [-0.39, 0.29) is 0 Å². The van der Waals surface area contributed by atoms with Crippen molar-refractivity contribution in [3.63, 3.8) is 0 Å². The lowest BCUT2D eigenvalue weighted by molar-refractivity contribution is 0.0374. The zero-order valence-corrected chi connectivity index (χ0v) is 12.6. The number of nitrogens with zero attached hydrogens (tertiary/aromatic N) is 4. The van der Waals surface area contributed by atoms with Gasteiger partial charge in [-0.25, -0.2) is 4.98 Å². The minimum atomic E-state index is 0.755. The quantitative estimate of drug-likeness (QED) is 0.846. The van der Waals surface area contributed by atoms with E-state index in [1.54, 1.807) is 0 Å². The second-order valence-corrected chi connectivity index (χ2v) is 5.83. The highest BCUT2D eigenvalue weighted by Crippen LogP contribution is 2.28. The van der Waals surface area contributed by atoms with E-state index in [1.807, 2.05) is 6.07 Å². The molecule has 2 aliphatic heterocycles. The van der Waals surface area contributed by atoms with Crippen molar-refractivity contribution in [1.29, 1.82) is 0 Å². The highest BCUT2D eigenvalue weighted by Gasteiger charge is 2.15. The zero-order valence-electron chi connectivity index (χ0n) is 12.6. The molecular weight excluding hydrogens is 280 g/mol. The van der Waals surface area contributed by atoms with E-state index >= 15 is 0 Å². The maximum absolute atomic E-state index is 5.60. The van der Waals surface area contributed by atoms with Gasteiger partial charge in [0.1, 0.15) is 11.3 Å². The molecule has 1 saturated heterocycles. The molecule has 22 heavy (non-hydrogen) atoms. The lowest BCUT2D eigenvalue weighted by Gasteiger charge is -2.26. The smallest absolute Gasteiger partial charge is 0.151 e. The third kappa shape index (κ3) is 2.89. The molecule has 116 valence electrons. The van der Waals surface area contributed by atoms with Gasteiger partial charge in [0.15, 0.2) is 5.82 Å². The second-order valence-electron chi connectivity index (χ2n) is 5.83. The Hall–Kier alpha value is -1.79. The van der Waals surface area contributed by atoms with Crippen molar-refractivity contribution in [2.75, 3.05) is 39.5 Å². The predicted octanol–water partition coefficient (Wildman–Crippen LogP) is 1.22. The topological polar surface area (TPSA) is 60.4 Å². The monoisotopic (exact) mass is 300 g/mol.